The summed E-state index contributed by atoms with van der Waals surface area (Å²) in [7, 11) is 0. The van der Waals surface area contributed by atoms with Gasteiger partial charge in [0.2, 0.25) is 5.75 Å². The van der Waals surface area contributed by atoms with Crippen LogP contribution in [0.4, 0.5) is 10.2 Å². The number of aromatic nitrogens is 1. The van der Waals surface area contributed by atoms with Gasteiger partial charge in [-0.15, -0.1) is 0 Å². The summed E-state index contributed by atoms with van der Waals surface area (Å²) in [5.41, 5.74) is 9.21. The number of anilines is 1. The van der Waals surface area contributed by atoms with Gasteiger partial charge in [0.25, 0.3) is 0 Å². The molecule has 0 unspecified atom stereocenters. The summed E-state index contributed by atoms with van der Waals surface area (Å²) in [6, 6.07) is 3.41. The monoisotopic (exact) mass is 475 g/mol. The molecule has 1 aliphatic carbocycles. The van der Waals surface area contributed by atoms with Crippen molar-refractivity contribution < 1.29 is 13.5 Å². The lowest BCUT2D eigenvalue weighted by atomic mass is 9.89. The van der Waals surface area contributed by atoms with Crippen molar-refractivity contribution in [1.82, 2.24) is 9.88 Å². The molecule has 1 aliphatic heterocycles. The van der Waals surface area contributed by atoms with E-state index in [1.165, 1.54) is 37.0 Å². The van der Waals surface area contributed by atoms with Crippen LogP contribution in [0, 0.1) is 5.82 Å². The summed E-state index contributed by atoms with van der Waals surface area (Å²) < 4.78 is 26.0. The van der Waals surface area contributed by atoms with E-state index >= 15 is 0 Å². The average Bonchev–Trinajstić information content (AvgIpc) is 3.17. The van der Waals surface area contributed by atoms with E-state index in [1.807, 2.05) is 0 Å². The number of nitrogens with zero attached hydrogens (tertiary/aromatic N) is 2. The topological polar surface area (TPSA) is 64.5 Å². The summed E-state index contributed by atoms with van der Waals surface area (Å²) in [5.74, 6) is -0.0842. The van der Waals surface area contributed by atoms with Crippen LogP contribution in [-0.4, -0.2) is 29.0 Å². The Kier molecular flexibility index (Phi) is 5.78. The number of rotatable bonds is 5. The molecular weight excluding hydrogens is 452 g/mol. The van der Waals surface area contributed by atoms with Crippen molar-refractivity contribution in [2.75, 3.05) is 18.8 Å². The Morgan fingerprint density at radius 2 is 2.12 bits per heavy atom. The maximum Gasteiger partial charge on any atom is 0.205 e. The number of nitrogen functional groups attached to an aromatic ring is 1. The Bertz CT molecular complexity index is 1210. The summed E-state index contributed by atoms with van der Waals surface area (Å²) >= 11 is 12.4. The van der Waals surface area contributed by atoms with Crippen molar-refractivity contribution in [3.8, 4) is 5.75 Å². The molecule has 0 amide bonds. The number of ether oxygens (including phenoxy) is 1. The van der Waals surface area contributed by atoms with Crippen LogP contribution in [0.1, 0.15) is 49.8 Å². The van der Waals surface area contributed by atoms with Crippen LogP contribution >= 0.6 is 23.2 Å². The molecule has 8 heteroatoms. The van der Waals surface area contributed by atoms with Gasteiger partial charge in [-0.2, -0.15) is 0 Å². The highest BCUT2D eigenvalue weighted by atomic mass is 35.5. The molecule has 0 saturated heterocycles. The highest BCUT2D eigenvalue weighted by Gasteiger charge is 2.28. The lowest BCUT2D eigenvalue weighted by Crippen LogP contribution is -2.42. The number of fused-ring (bicyclic) bond motifs is 1. The van der Waals surface area contributed by atoms with Crippen LogP contribution in [0.3, 0.4) is 0 Å². The first-order valence-corrected chi connectivity index (χ1v) is 11.6. The Labute approximate surface area is 195 Å². The summed E-state index contributed by atoms with van der Waals surface area (Å²) in [4.78, 5) is 6.87. The van der Waals surface area contributed by atoms with Gasteiger partial charge in [-0.05, 0) is 43.9 Å². The molecule has 168 valence electrons. The van der Waals surface area contributed by atoms with Crippen LogP contribution in [0.15, 0.2) is 35.1 Å². The maximum atomic E-state index is 14.0. The van der Waals surface area contributed by atoms with Crippen molar-refractivity contribution >= 4 is 45.6 Å². The molecule has 1 fully saturated rings. The van der Waals surface area contributed by atoms with Gasteiger partial charge in [-0.25, -0.2) is 9.37 Å². The van der Waals surface area contributed by atoms with E-state index < -0.39 is 11.9 Å². The van der Waals surface area contributed by atoms with Gasteiger partial charge < -0.3 is 14.9 Å². The SMILES string of the molecule is C[C@@H](Oc1c(N)ncc2c(C3=CCN(C4CCC4)CC3)coc12)c1c(Cl)ccc(F)c1Cl. The Morgan fingerprint density at radius 3 is 2.81 bits per heavy atom. The Hall–Kier alpha value is -2.28. The quantitative estimate of drug-likeness (QED) is 0.419. The number of benzene rings is 1. The van der Waals surface area contributed by atoms with Crippen LogP contribution in [0.5, 0.6) is 5.75 Å². The van der Waals surface area contributed by atoms with Crippen molar-refractivity contribution in [3.05, 3.63) is 57.7 Å². The number of halogens is 3. The fourth-order valence-corrected chi connectivity index (χ4v) is 5.18. The molecule has 3 heterocycles. The van der Waals surface area contributed by atoms with E-state index in [0.717, 1.165) is 36.5 Å². The van der Waals surface area contributed by atoms with Gasteiger partial charge in [-0.1, -0.05) is 35.7 Å². The van der Waals surface area contributed by atoms with Gasteiger partial charge in [0, 0.05) is 41.5 Å². The van der Waals surface area contributed by atoms with Gasteiger partial charge in [-0.3, -0.25) is 4.90 Å². The van der Waals surface area contributed by atoms with E-state index in [9.17, 15) is 4.39 Å². The molecule has 0 radical (unpaired) electrons. The third kappa shape index (κ3) is 3.74. The number of hydrogen-bond donors (Lipinski definition) is 1. The molecule has 1 aromatic carbocycles. The first kappa shape index (κ1) is 21.6. The van der Waals surface area contributed by atoms with Crippen molar-refractivity contribution in [1.29, 1.82) is 0 Å². The molecule has 2 aromatic heterocycles. The highest BCUT2D eigenvalue weighted by Crippen LogP contribution is 2.41. The molecule has 3 aromatic rings. The molecular formula is C24H24Cl2FN3O2. The lowest BCUT2D eigenvalue weighted by Gasteiger charge is -2.39. The Balaban J connectivity index is 1.45. The maximum absolute atomic E-state index is 14.0. The normalized spacial score (nSPS) is 18.4. The van der Waals surface area contributed by atoms with Crippen LogP contribution in [0.25, 0.3) is 16.5 Å². The molecule has 0 bridgehead atoms. The molecule has 0 spiro atoms. The van der Waals surface area contributed by atoms with Gasteiger partial charge in [0.15, 0.2) is 11.4 Å². The van der Waals surface area contributed by atoms with Crippen molar-refractivity contribution in [3.63, 3.8) is 0 Å². The number of pyridine rings is 1. The Morgan fingerprint density at radius 1 is 1.31 bits per heavy atom. The molecule has 1 atom stereocenters. The summed E-state index contributed by atoms with van der Waals surface area (Å²) in [5, 5.41) is 1.07. The van der Waals surface area contributed by atoms with Crippen molar-refractivity contribution in [2.45, 2.75) is 44.8 Å². The molecule has 5 rings (SSSR count). The smallest absolute Gasteiger partial charge is 0.205 e. The first-order valence-electron chi connectivity index (χ1n) is 10.8. The number of hydrogen-bond acceptors (Lipinski definition) is 5. The zero-order valence-electron chi connectivity index (χ0n) is 17.7. The van der Waals surface area contributed by atoms with E-state index in [4.69, 9.17) is 38.1 Å². The molecule has 1 saturated carbocycles. The van der Waals surface area contributed by atoms with E-state index in [2.05, 4.69) is 16.0 Å². The standard InChI is InChI=1S/C24H24Cl2FN3O2/c1-13(20-18(25)5-6-19(27)21(20)26)32-23-22-16(11-29-24(23)28)17(12-31-22)14-7-9-30(10-8-14)15-3-2-4-15/h5-7,11-13,15H,2-4,8-10H2,1H3,(H2,28,29)/t13-/m1/s1. The van der Waals surface area contributed by atoms with Gasteiger partial charge in [0.05, 0.1) is 16.7 Å². The predicted octanol–water partition coefficient (Wildman–Crippen LogP) is 6.64. The predicted molar refractivity (Wildman–Crippen MR) is 126 cm³/mol. The third-order valence-electron chi connectivity index (χ3n) is 6.56. The van der Waals surface area contributed by atoms with E-state index in [1.54, 1.807) is 19.4 Å². The summed E-state index contributed by atoms with van der Waals surface area (Å²) in [6.45, 7) is 3.72. The minimum Gasteiger partial charge on any atom is -0.478 e. The molecule has 5 nitrogen and oxygen atoms in total. The van der Waals surface area contributed by atoms with Gasteiger partial charge >= 0.3 is 0 Å². The third-order valence-corrected chi connectivity index (χ3v) is 7.27. The first-order chi connectivity index (χ1) is 15.4. The highest BCUT2D eigenvalue weighted by molar-refractivity contribution is 6.36. The molecule has 32 heavy (non-hydrogen) atoms. The summed E-state index contributed by atoms with van der Waals surface area (Å²) in [6.07, 6.45) is 9.95. The average molecular weight is 476 g/mol. The van der Waals surface area contributed by atoms with Crippen LogP contribution < -0.4 is 10.5 Å². The minimum atomic E-state index is -0.668. The lowest BCUT2D eigenvalue weighted by molar-refractivity contribution is 0.141. The minimum absolute atomic E-state index is 0.0767. The second kappa shape index (κ2) is 8.58. The van der Waals surface area contributed by atoms with Crippen molar-refractivity contribution in [2.24, 2.45) is 0 Å². The number of furan rings is 1. The van der Waals surface area contributed by atoms with Gasteiger partial charge in [0.1, 0.15) is 11.9 Å². The molecule has 2 N–H and O–H groups in total. The fourth-order valence-electron chi connectivity index (χ4n) is 4.51. The second-order valence-corrected chi connectivity index (χ2v) is 9.23. The van der Waals surface area contributed by atoms with Crippen LogP contribution in [-0.2, 0) is 0 Å². The largest absolute Gasteiger partial charge is 0.478 e. The van der Waals surface area contributed by atoms with E-state index in [-0.39, 0.29) is 10.8 Å². The number of nitrogens with two attached hydrogens (primary N) is 1. The van der Waals surface area contributed by atoms with E-state index in [0.29, 0.717) is 21.9 Å². The zero-order chi connectivity index (χ0) is 22.4. The fraction of sp³-hybridized carbons (Fsp3) is 0.375. The van der Waals surface area contributed by atoms with Crippen LogP contribution in [0.2, 0.25) is 10.0 Å². The zero-order valence-corrected chi connectivity index (χ0v) is 19.2. The second-order valence-electron chi connectivity index (χ2n) is 8.44. The molecule has 2 aliphatic rings.